The lowest BCUT2D eigenvalue weighted by Gasteiger charge is -2.16. The number of carbonyl (C=O) groups excluding carboxylic acids is 1. The third-order valence-corrected chi connectivity index (χ3v) is 3.06. The van der Waals surface area contributed by atoms with Crippen LogP contribution in [0.25, 0.3) is 0 Å². The van der Waals surface area contributed by atoms with Crippen molar-refractivity contribution in [3.05, 3.63) is 34.1 Å². The van der Waals surface area contributed by atoms with Gasteiger partial charge in [0.1, 0.15) is 5.82 Å². The highest BCUT2D eigenvalue weighted by molar-refractivity contribution is 9.10. The van der Waals surface area contributed by atoms with E-state index in [4.69, 9.17) is 0 Å². The molecule has 18 heavy (non-hydrogen) atoms. The van der Waals surface area contributed by atoms with Crippen molar-refractivity contribution in [3.63, 3.8) is 0 Å². The zero-order chi connectivity index (χ0) is 13.7. The van der Waals surface area contributed by atoms with Gasteiger partial charge in [-0.3, -0.25) is 4.79 Å². The summed E-state index contributed by atoms with van der Waals surface area (Å²) in [6, 6.07) is 4.73. The maximum Gasteiger partial charge on any atom is 0.237 e. The Bertz CT molecular complexity index is 423. The van der Waals surface area contributed by atoms with Crippen LogP contribution in [0, 0.1) is 5.82 Å². The first-order chi connectivity index (χ1) is 8.40. The van der Waals surface area contributed by atoms with Crippen LogP contribution in [-0.4, -0.2) is 18.0 Å². The van der Waals surface area contributed by atoms with E-state index in [1.54, 1.807) is 13.0 Å². The molecule has 1 aromatic rings. The Labute approximate surface area is 115 Å². The Morgan fingerprint density at radius 2 is 2.06 bits per heavy atom. The van der Waals surface area contributed by atoms with Gasteiger partial charge in [0, 0.05) is 12.6 Å². The second-order valence-corrected chi connectivity index (χ2v) is 5.37. The monoisotopic (exact) mass is 316 g/mol. The summed E-state index contributed by atoms with van der Waals surface area (Å²) < 4.78 is 13.7. The fraction of sp³-hybridized carbons (Fsp3) is 0.462. The Kier molecular flexibility index (Phi) is 5.75. The SMILES string of the molecule is CC(C)NC(=O)C(C)NCc1ccc(Br)c(F)c1. The van der Waals surface area contributed by atoms with E-state index in [0.29, 0.717) is 11.0 Å². The molecular weight excluding hydrogens is 299 g/mol. The molecule has 0 radical (unpaired) electrons. The van der Waals surface area contributed by atoms with Crippen molar-refractivity contribution in [1.82, 2.24) is 10.6 Å². The van der Waals surface area contributed by atoms with Crippen LogP contribution in [0.15, 0.2) is 22.7 Å². The van der Waals surface area contributed by atoms with E-state index in [2.05, 4.69) is 26.6 Å². The number of benzene rings is 1. The molecule has 0 heterocycles. The molecule has 3 nitrogen and oxygen atoms in total. The van der Waals surface area contributed by atoms with Gasteiger partial charge >= 0.3 is 0 Å². The van der Waals surface area contributed by atoms with Crippen LogP contribution in [0.5, 0.6) is 0 Å². The predicted octanol–water partition coefficient (Wildman–Crippen LogP) is 2.59. The van der Waals surface area contributed by atoms with Crippen molar-refractivity contribution in [1.29, 1.82) is 0 Å². The molecule has 1 rings (SSSR count). The van der Waals surface area contributed by atoms with E-state index in [1.807, 2.05) is 19.9 Å². The Morgan fingerprint density at radius 1 is 1.39 bits per heavy atom. The molecule has 2 N–H and O–H groups in total. The summed E-state index contributed by atoms with van der Waals surface area (Å²) in [6.45, 7) is 6.06. The van der Waals surface area contributed by atoms with E-state index in [-0.39, 0.29) is 23.8 Å². The number of hydrogen-bond donors (Lipinski definition) is 2. The van der Waals surface area contributed by atoms with Crippen molar-refractivity contribution in [2.24, 2.45) is 0 Å². The Balaban J connectivity index is 2.49. The van der Waals surface area contributed by atoms with Crippen LogP contribution in [0.2, 0.25) is 0 Å². The summed E-state index contributed by atoms with van der Waals surface area (Å²) in [7, 11) is 0. The van der Waals surface area contributed by atoms with Crippen molar-refractivity contribution < 1.29 is 9.18 Å². The van der Waals surface area contributed by atoms with Gasteiger partial charge < -0.3 is 10.6 Å². The van der Waals surface area contributed by atoms with Crippen LogP contribution < -0.4 is 10.6 Å². The van der Waals surface area contributed by atoms with Crippen LogP contribution >= 0.6 is 15.9 Å². The normalized spacial score (nSPS) is 12.6. The molecule has 100 valence electrons. The van der Waals surface area contributed by atoms with Gasteiger partial charge in [-0.2, -0.15) is 0 Å². The van der Waals surface area contributed by atoms with Crippen molar-refractivity contribution in [3.8, 4) is 0 Å². The van der Waals surface area contributed by atoms with Gasteiger partial charge in [-0.1, -0.05) is 6.07 Å². The minimum absolute atomic E-state index is 0.0532. The minimum atomic E-state index is -0.306. The zero-order valence-corrected chi connectivity index (χ0v) is 12.3. The van der Waals surface area contributed by atoms with Crippen LogP contribution in [-0.2, 0) is 11.3 Å². The zero-order valence-electron chi connectivity index (χ0n) is 10.8. The summed E-state index contributed by atoms with van der Waals surface area (Å²) in [6.07, 6.45) is 0. The van der Waals surface area contributed by atoms with E-state index in [1.165, 1.54) is 6.07 Å². The molecular formula is C13H18BrFN2O. The molecule has 0 saturated carbocycles. The van der Waals surface area contributed by atoms with Gasteiger partial charge in [-0.25, -0.2) is 4.39 Å². The third kappa shape index (κ3) is 4.74. The fourth-order valence-corrected chi connectivity index (χ4v) is 1.67. The summed E-state index contributed by atoms with van der Waals surface area (Å²) in [5.74, 6) is -0.351. The first-order valence-electron chi connectivity index (χ1n) is 5.88. The molecule has 0 aliphatic carbocycles. The van der Waals surface area contributed by atoms with Crippen molar-refractivity contribution in [2.45, 2.75) is 39.4 Å². The lowest BCUT2D eigenvalue weighted by molar-refractivity contribution is -0.123. The molecule has 1 aromatic carbocycles. The fourth-order valence-electron chi connectivity index (χ4n) is 1.42. The first kappa shape index (κ1) is 15.1. The largest absolute Gasteiger partial charge is 0.353 e. The van der Waals surface area contributed by atoms with Gasteiger partial charge in [0.2, 0.25) is 5.91 Å². The van der Waals surface area contributed by atoms with Crippen LogP contribution in [0.3, 0.4) is 0 Å². The minimum Gasteiger partial charge on any atom is -0.353 e. The molecule has 0 bridgehead atoms. The number of nitrogens with one attached hydrogen (secondary N) is 2. The Morgan fingerprint density at radius 3 is 2.61 bits per heavy atom. The second kappa shape index (κ2) is 6.85. The summed E-state index contributed by atoms with van der Waals surface area (Å²) in [5, 5.41) is 5.87. The topological polar surface area (TPSA) is 41.1 Å². The highest BCUT2D eigenvalue weighted by atomic mass is 79.9. The molecule has 1 unspecified atom stereocenters. The number of halogens is 2. The van der Waals surface area contributed by atoms with Gasteiger partial charge in [-0.05, 0) is 54.4 Å². The quantitative estimate of drug-likeness (QED) is 0.876. The average molecular weight is 317 g/mol. The maximum atomic E-state index is 13.3. The van der Waals surface area contributed by atoms with E-state index in [0.717, 1.165) is 5.56 Å². The number of hydrogen-bond acceptors (Lipinski definition) is 2. The maximum absolute atomic E-state index is 13.3. The molecule has 0 aliphatic heterocycles. The lowest BCUT2D eigenvalue weighted by atomic mass is 10.2. The predicted molar refractivity (Wildman–Crippen MR) is 73.7 cm³/mol. The molecule has 1 atom stereocenters. The molecule has 0 saturated heterocycles. The molecule has 5 heteroatoms. The van der Waals surface area contributed by atoms with Gasteiger partial charge in [0.25, 0.3) is 0 Å². The first-order valence-corrected chi connectivity index (χ1v) is 6.67. The van der Waals surface area contributed by atoms with E-state index >= 15 is 0 Å². The average Bonchev–Trinajstić information content (AvgIpc) is 2.29. The number of carbonyl (C=O) groups is 1. The van der Waals surface area contributed by atoms with Gasteiger partial charge in [-0.15, -0.1) is 0 Å². The van der Waals surface area contributed by atoms with E-state index < -0.39 is 0 Å². The highest BCUT2D eigenvalue weighted by Crippen LogP contribution is 2.16. The molecule has 0 spiro atoms. The number of amides is 1. The second-order valence-electron chi connectivity index (χ2n) is 4.51. The molecule has 0 fully saturated rings. The molecule has 0 aliphatic rings. The highest BCUT2D eigenvalue weighted by Gasteiger charge is 2.12. The van der Waals surface area contributed by atoms with Crippen LogP contribution in [0.1, 0.15) is 26.3 Å². The molecule has 0 aromatic heterocycles. The summed E-state index contributed by atoms with van der Waals surface area (Å²) in [4.78, 5) is 11.6. The van der Waals surface area contributed by atoms with Crippen molar-refractivity contribution >= 4 is 21.8 Å². The number of rotatable bonds is 5. The standard InChI is InChI=1S/C13H18BrFN2O/c1-8(2)17-13(18)9(3)16-7-10-4-5-11(14)12(15)6-10/h4-6,8-9,16H,7H2,1-3H3,(H,17,18). The third-order valence-electron chi connectivity index (χ3n) is 2.42. The summed E-state index contributed by atoms with van der Waals surface area (Å²) >= 11 is 3.10. The Hall–Kier alpha value is -0.940. The summed E-state index contributed by atoms with van der Waals surface area (Å²) in [5.41, 5.74) is 0.805. The van der Waals surface area contributed by atoms with Gasteiger partial charge in [0.15, 0.2) is 0 Å². The van der Waals surface area contributed by atoms with Crippen molar-refractivity contribution in [2.75, 3.05) is 0 Å². The lowest BCUT2D eigenvalue weighted by Crippen LogP contribution is -2.44. The van der Waals surface area contributed by atoms with E-state index in [9.17, 15) is 9.18 Å². The van der Waals surface area contributed by atoms with Gasteiger partial charge in [0.05, 0.1) is 10.5 Å². The van der Waals surface area contributed by atoms with Crippen LogP contribution in [0.4, 0.5) is 4.39 Å². The smallest absolute Gasteiger partial charge is 0.237 e. The molecule has 1 amide bonds.